The standard InChI is InChI=1S/C14H20F2N4/c1-3-12(17-4-2)11-5-7-19(9-11)10-13-18-6-8-20(13)14(15)16/h5-9,12,14,17H,3-4,10H2,1-2H3. The molecule has 0 saturated heterocycles. The number of hydrogen-bond acceptors (Lipinski definition) is 2. The highest BCUT2D eigenvalue weighted by molar-refractivity contribution is 5.16. The Kier molecular flexibility index (Phi) is 4.89. The first kappa shape index (κ1) is 14.7. The summed E-state index contributed by atoms with van der Waals surface area (Å²) >= 11 is 0. The number of nitrogens with one attached hydrogen (secondary N) is 1. The summed E-state index contributed by atoms with van der Waals surface area (Å²) in [6.07, 6.45) is 7.59. The molecule has 0 fully saturated rings. The molecule has 0 aromatic carbocycles. The van der Waals surface area contributed by atoms with Crippen LogP contribution in [0.1, 0.15) is 44.2 Å². The van der Waals surface area contributed by atoms with Crippen LogP contribution in [0.5, 0.6) is 0 Å². The Morgan fingerprint density at radius 2 is 2.10 bits per heavy atom. The summed E-state index contributed by atoms with van der Waals surface area (Å²) in [5, 5.41) is 3.40. The molecule has 0 radical (unpaired) electrons. The number of rotatable bonds is 7. The minimum Gasteiger partial charge on any atom is -0.346 e. The summed E-state index contributed by atoms with van der Waals surface area (Å²) in [7, 11) is 0. The average molecular weight is 282 g/mol. The van der Waals surface area contributed by atoms with Gasteiger partial charge in [-0.3, -0.25) is 4.57 Å². The van der Waals surface area contributed by atoms with Crippen LogP contribution in [0, 0.1) is 0 Å². The van der Waals surface area contributed by atoms with Crippen molar-refractivity contribution in [1.29, 1.82) is 0 Å². The van der Waals surface area contributed by atoms with Crippen molar-refractivity contribution in [3.05, 3.63) is 42.2 Å². The summed E-state index contributed by atoms with van der Waals surface area (Å²) in [4.78, 5) is 3.99. The van der Waals surface area contributed by atoms with E-state index in [4.69, 9.17) is 0 Å². The predicted octanol–water partition coefficient (Wildman–Crippen LogP) is 3.19. The molecule has 2 heterocycles. The number of aromatic nitrogens is 3. The second-order valence-corrected chi connectivity index (χ2v) is 4.66. The van der Waals surface area contributed by atoms with E-state index in [0.29, 0.717) is 18.4 Å². The summed E-state index contributed by atoms with van der Waals surface area (Å²) < 4.78 is 28.3. The minimum absolute atomic E-state index is 0.302. The Bertz CT molecular complexity index is 533. The molecule has 6 heteroatoms. The Hall–Kier alpha value is -1.69. The first-order valence-electron chi connectivity index (χ1n) is 6.84. The monoisotopic (exact) mass is 282 g/mol. The van der Waals surface area contributed by atoms with Crippen LogP contribution < -0.4 is 5.32 Å². The SMILES string of the molecule is CCNC(CC)c1ccn(Cc2nccn2C(F)F)c1. The van der Waals surface area contributed by atoms with E-state index in [2.05, 4.69) is 24.1 Å². The van der Waals surface area contributed by atoms with E-state index in [1.54, 1.807) is 0 Å². The van der Waals surface area contributed by atoms with Gasteiger partial charge in [-0.25, -0.2) is 4.98 Å². The lowest BCUT2D eigenvalue weighted by Crippen LogP contribution is -2.19. The van der Waals surface area contributed by atoms with Gasteiger partial charge in [0.15, 0.2) is 0 Å². The van der Waals surface area contributed by atoms with E-state index in [0.717, 1.165) is 17.5 Å². The van der Waals surface area contributed by atoms with Crippen LogP contribution >= 0.6 is 0 Å². The van der Waals surface area contributed by atoms with Gasteiger partial charge >= 0.3 is 6.55 Å². The fraction of sp³-hybridized carbons (Fsp3) is 0.500. The van der Waals surface area contributed by atoms with Gasteiger partial charge in [-0.1, -0.05) is 13.8 Å². The summed E-state index contributed by atoms with van der Waals surface area (Å²) in [6.45, 7) is 2.89. The molecule has 0 aliphatic carbocycles. The summed E-state index contributed by atoms with van der Waals surface area (Å²) in [5.74, 6) is 0.360. The molecular formula is C14H20F2N4. The zero-order valence-corrected chi connectivity index (χ0v) is 11.8. The van der Waals surface area contributed by atoms with E-state index in [1.807, 2.05) is 23.0 Å². The van der Waals surface area contributed by atoms with Crippen molar-refractivity contribution in [3.63, 3.8) is 0 Å². The van der Waals surface area contributed by atoms with Gasteiger partial charge < -0.3 is 9.88 Å². The van der Waals surface area contributed by atoms with Crippen LogP contribution in [0.25, 0.3) is 0 Å². The topological polar surface area (TPSA) is 34.8 Å². The van der Waals surface area contributed by atoms with Crippen molar-refractivity contribution < 1.29 is 8.78 Å². The van der Waals surface area contributed by atoms with Gasteiger partial charge in [0.25, 0.3) is 0 Å². The molecule has 0 aliphatic rings. The summed E-state index contributed by atoms with van der Waals surface area (Å²) in [6, 6.07) is 2.32. The van der Waals surface area contributed by atoms with Gasteiger partial charge in [0.1, 0.15) is 5.82 Å². The van der Waals surface area contributed by atoms with Crippen molar-refractivity contribution in [1.82, 2.24) is 19.4 Å². The Morgan fingerprint density at radius 1 is 1.30 bits per heavy atom. The van der Waals surface area contributed by atoms with Gasteiger partial charge in [-0.05, 0) is 24.6 Å². The lowest BCUT2D eigenvalue weighted by Gasteiger charge is -2.14. The zero-order chi connectivity index (χ0) is 14.5. The lowest BCUT2D eigenvalue weighted by atomic mass is 10.1. The van der Waals surface area contributed by atoms with E-state index in [-0.39, 0.29) is 0 Å². The average Bonchev–Trinajstić information content (AvgIpc) is 3.05. The van der Waals surface area contributed by atoms with Crippen LogP contribution in [0.3, 0.4) is 0 Å². The van der Waals surface area contributed by atoms with Crippen LogP contribution in [0.2, 0.25) is 0 Å². The van der Waals surface area contributed by atoms with Crippen molar-refractivity contribution >= 4 is 0 Å². The van der Waals surface area contributed by atoms with Crippen LogP contribution in [0.15, 0.2) is 30.9 Å². The molecule has 20 heavy (non-hydrogen) atoms. The molecule has 4 nitrogen and oxygen atoms in total. The van der Waals surface area contributed by atoms with Crippen molar-refractivity contribution in [3.8, 4) is 0 Å². The third kappa shape index (κ3) is 3.25. The highest BCUT2D eigenvalue weighted by Gasteiger charge is 2.13. The largest absolute Gasteiger partial charge is 0.346 e. The van der Waals surface area contributed by atoms with Gasteiger partial charge in [0, 0.05) is 30.8 Å². The maximum Gasteiger partial charge on any atom is 0.319 e. The second kappa shape index (κ2) is 6.65. The highest BCUT2D eigenvalue weighted by atomic mass is 19.3. The van der Waals surface area contributed by atoms with Crippen LogP contribution in [-0.2, 0) is 6.54 Å². The second-order valence-electron chi connectivity index (χ2n) is 4.66. The molecule has 1 unspecified atom stereocenters. The van der Waals surface area contributed by atoms with E-state index in [1.165, 1.54) is 18.0 Å². The quantitative estimate of drug-likeness (QED) is 0.846. The molecule has 2 rings (SSSR count). The molecule has 110 valence electrons. The van der Waals surface area contributed by atoms with Gasteiger partial charge in [-0.2, -0.15) is 8.78 Å². The fourth-order valence-corrected chi connectivity index (χ4v) is 2.32. The molecule has 0 spiro atoms. The van der Waals surface area contributed by atoms with Crippen LogP contribution in [-0.4, -0.2) is 20.7 Å². The van der Waals surface area contributed by atoms with Crippen molar-refractivity contribution in [2.24, 2.45) is 0 Å². The first-order chi connectivity index (χ1) is 9.65. The molecule has 0 saturated carbocycles. The Balaban J connectivity index is 2.11. The molecule has 2 aromatic rings. The first-order valence-corrected chi connectivity index (χ1v) is 6.84. The van der Waals surface area contributed by atoms with Crippen LogP contribution in [0.4, 0.5) is 8.78 Å². The van der Waals surface area contributed by atoms with E-state index < -0.39 is 6.55 Å². The minimum atomic E-state index is -2.55. The van der Waals surface area contributed by atoms with Crippen molar-refractivity contribution in [2.45, 2.75) is 39.4 Å². The molecule has 1 atom stereocenters. The molecule has 0 amide bonds. The molecule has 1 N–H and O–H groups in total. The molecule has 0 bridgehead atoms. The number of imidazole rings is 1. The molecular weight excluding hydrogens is 262 g/mol. The number of alkyl halides is 2. The third-order valence-electron chi connectivity index (χ3n) is 3.32. The van der Waals surface area contributed by atoms with Gasteiger partial charge in [0.2, 0.25) is 0 Å². The van der Waals surface area contributed by atoms with E-state index in [9.17, 15) is 8.78 Å². The van der Waals surface area contributed by atoms with Gasteiger partial charge in [-0.15, -0.1) is 0 Å². The zero-order valence-electron chi connectivity index (χ0n) is 11.8. The predicted molar refractivity (Wildman–Crippen MR) is 73.7 cm³/mol. The molecule has 0 aliphatic heterocycles. The third-order valence-corrected chi connectivity index (χ3v) is 3.32. The molecule has 2 aromatic heterocycles. The Labute approximate surface area is 117 Å². The normalized spacial score (nSPS) is 13.1. The maximum absolute atomic E-state index is 12.8. The Morgan fingerprint density at radius 3 is 2.75 bits per heavy atom. The van der Waals surface area contributed by atoms with E-state index >= 15 is 0 Å². The smallest absolute Gasteiger partial charge is 0.319 e. The highest BCUT2D eigenvalue weighted by Crippen LogP contribution is 2.18. The van der Waals surface area contributed by atoms with Gasteiger partial charge in [0.05, 0.1) is 6.54 Å². The number of hydrogen-bond donors (Lipinski definition) is 1. The maximum atomic E-state index is 12.8. The van der Waals surface area contributed by atoms with Crippen molar-refractivity contribution in [2.75, 3.05) is 6.54 Å². The summed E-state index contributed by atoms with van der Waals surface area (Å²) in [5.41, 5.74) is 1.17. The number of nitrogens with zero attached hydrogens (tertiary/aromatic N) is 3. The fourth-order valence-electron chi connectivity index (χ4n) is 2.32. The number of halogens is 2. The lowest BCUT2D eigenvalue weighted by molar-refractivity contribution is 0.0667.